The number of aliphatic hydroxyl groups excluding tert-OH is 1. The summed E-state index contributed by atoms with van der Waals surface area (Å²) in [6.45, 7) is 1.83. The SMILES string of the molecule is CC1C2CC(C#N)N(C(=O)C(N)C34CC5CC(CC(OC(=O)C(CC(C=O)CO)N(C)C)(C5)C3)C4)C12. The van der Waals surface area contributed by atoms with E-state index in [2.05, 4.69) is 13.0 Å². The molecule has 1 amide bonds. The van der Waals surface area contributed by atoms with Gasteiger partial charge in [-0.15, -0.1) is 0 Å². The van der Waals surface area contributed by atoms with Gasteiger partial charge in [0.25, 0.3) is 0 Å². The molecule has 9 unspecified atom stereocenters. The van der Waals surface area contributed by atoms with Crippen LogP contribution in [0.5, 0.6) is 0 Å². The van der Waals surface area contributed by atoms with Crippen LogP contribution in [0.2, 0.25) is 0 Å². The average molecular weight is 501 g/mol. The van der Waals surface area contributed by atoms with Crippen LogP contribution in [0.4, 0.5) is 0 Å². The fourth-order valence-electron chi connectivity index (χ4n) is 8.74. The molecule has 9 atom stereocenters. The lowest BCUT2D eigenvalue weighted by atomic mass is 9.46. The highest BCUT2D eigenvalue weighted by Crippen LogP contribution is 2.64. The number of nitrogens with zero attached hydrogens (tertiary/aromatic N) is 3. The van der Waals surface area contributed by atoms with Gasteiger partial charge in [-0.3, -0.25) is 14.5 Å². The smallest absolute Gasteiger partial charge is 0.323 e. The second kappa shape index (κ2) is 9.07. The second-order valence-electron chi connectivity index (χ2n) is 12.8. The molecule has 6 rings (SSSR count). The Kier molecular flexibility index (Phi) is 6.46. The van der Waals surface area contributed by atoms with Gasteiger partial charge in [0.15, 0.2) is 0 Å². The summed E-state index contributed by atoms with van der Waals surface area (Å²) in [5, 5.41) is 19.2. The van der Waals surface area contributed by atoms with E-state index >= 15 is 0 Å². The summed E-state index contributed by atoms with van der Waals surface area (Å²) in [7, 11) is 3.55. The van der Waals surface area contributed by atoms with Gasteiger partial charge in [0, 0.05) is 12.0 Å². The van der Waals surface area contributed by atoms with Crippen LogP contribution >= 0.6 is 0 Å². The minimum atomic E-state index is -0.706. The first-order chi connectivity index (χ1) is 17.1. The Balaban J connectivity index is 1.35. The zero-order valence-electron chi connectivity index (χ0n) is 21.6. The predicted molar refractivity (Wildman–Crippen MR) is 130 cm³/mol. The molecule has 0 aromatic rings. The topological polar surface area (TPSA) is 137 Å². The number of esters is 1. The van der Waals surface area contributed by atoms with Crippen molar-refractivity contribution in [3.63, 3.8) is 0 Å². The third-order valence-corrected chi connectivity index (χ3v) is 10.2. The number of amides is 1. The molecule has 6 fully saturated rings. The zero-order valence-corrected chi connectivity index (χ0v) is 21.6. The largest absolute Gasteiger partial charge is 0.458 e. The molecule has 5 aliphatic carbocycles. The van der Waals surface area contributed by atoms with Gasteiger partial charge in [0.05, 0.1) is 18.7 Å². The lowest BCUT2D eigenvalue weighted by Crippen LogP contribution is -2.66. The van der Waals surface area contributed by atoms with E-state index in [0.717, 1.165) is 38.5 Å². The average Bonchev–Trinajstić information content (AvgIpc) is 3.26. The van der Waals surface area contributed by atoms with Crippen LogP contribution in [0.15, 0.2) is 0 Å². The summed E-state index contributed by atoms with van der Waals surface area (Å²) in [6, 6.07) is 0.712. The molecule has 0 radical (unpaired) electrons. The molecule has 3 N–H and O–H groups in total. The fraction of sp³-hybridized carbons (Fsp3) is 0.852. The molecule has 36 heavy (non-hydrogen) atoms. The number of likely N-dealkylation sites (tertiary alicyclic amines) is 1. The van der Waals surface area contributed by atoms with Gasteiger partial charge in [-0.25, -0.2) is 0 Å². The van der Waals surface area contributed by atoms with Crippen LogP contribution < -0.4 is 5.73 Å². The van der Waals surface area contributed by atoms with E-state index in [1.54, 1.807) is 23.9 Å². The Morgan fingerprint density at radius 1 is 1.25 bits per heavy atom. The number of nitrogens with two attached hydrogens (primary N) is 1. The molecule has 9 nitrogen and oxygen atoms in total. The highest BCUT2D eigenvalue weighted by Gasteiger charge is 2.65. The van der Waals surface area contributed by atoms with Gasteiger partial charge < -0.3 is 25.3 Å². The summed E-state index contributed by atoms with van der Waals surface area (Å²) >= 11 is 0. The van der Waals surface area contributed by atoms with Crippen molar-refractivity contribution >= 4 is 18.2 Å². The van der Waals surface area contributed by atoms with Crippen molar-refractivity contribution in [2.24, 2.45) is 40.7 Å². The number of likely N-dealkylation sites (N-methyl/N-ethyl adjacent to an activating group) is 1. The number of piperidine rings is 1. The minimum absolute atomic E-state index is 0.107. The number of aldehydes is 1. The van der Waals surface area contributed by atoms with Crippen LogP contribution in [0.1, 0.15) is 58.3 Å². The predicted octanol–water partition coefficient (Wildman–Crippen LogP) is 1.08. The molecule has 198 valence electrons. The van der Waals surface area contributed by atoms with E-state index in [9.17, 15) is 24.8 Å². The second-order valence-corrected chi connectivity index (χ2v) is 12.8. The Labute approximate surface area is 213 Å². The van der Waals surface area contributed by atoms with E-state index < -0.39 is 35.1 Å². The number of aliphatic hydroxyl groups is 1. The summed E-state index contributed by atoms with van der Waals surface area (Å²) in [6.07, 6.45) is 6.54. The normalized spacial score (nSPS) is 42.4. The molecule has 1 saturated heterocycles. The number of carbonyl (C=O) groups excluding carboxylic acids is 3. The zero-order chi connectivity index (χ0) is 26.0. The quantitative estimate of drug-likeness (QED) is 0.354. The van der Waals surface area contributed by atoms with E-state index in [1.807, 2.05) is 0 Å². The number of hydrogen-bond donors (Lipinski definition) is 2. The molecule has 1 aliphatic heterocycles. The number of fused-ring (bicyclic) bond motifs is 1. The van der Waals surface area contributed by atoms with Crippen LogP contribution in [0.3, 0.4) is 0 Å². The van der Waals surface area contributed by atoms with Gasteiger partial charge in [-0.2, -0.15) is 5.26 Å². The van der Waals surface area contributed by atoms with E-state index in [4.69, 9.17) is 10.5 Å². The molecular weight excluding hydrogens is 460 g/mol. The number of nitriles is 1. The Hall–Kier alpha value is -2.02. The van der Waals surface area contributed by atoms with Crippen molar-refractivity contribution in [2.45, 2.75) is 88.1 Å². The molecule has 0 spiro atoms. The van der Waals surface area contributed by atoms with E-state index in [1.165, 1.54) is 0 Å². The van der Waals surface area contributed by atoms with Gasteiger partial charge in [0.2, 0.25) is 5.91 Å². The molecule has 5 saturated carbocycles. The van der Waals surface area contributed by atoms with Gasteiger partial charge >= 0.3 is 5.97 Å². The minimum Gasteiger partial charge on any atom is -0.458 e. The van der Waals surface area contributed by atoms with E-state index in [-0.39, 0.29) is 30.9 Å². The molecule has 0 aromatic heterocycles. The molecule has 0 aromatic carbocycles. The van der Waals surface area contributed by atoms with Crippen LogP contribution in [0.25, 0.3) is 0 Å². The first-order valence-corrected chi connectivity index (χ1v) is 13.5. The molecule has 4 bridgehead atoms. The van der Waals surface area contributed by atoms with Crippen molar-refractivity contribution in [1.29, 1.82) is 5.26 Å². The van der Waals surface area contributed by atoms with Gasteiger partial charge in [-0.1, -0.05) is 6.92 Å². The monoisotopic (exact) mass is 500 g/mol. The molecule has 9 heteroatoms. The summed E-state index contributed by atoms with van der Waals surface area (Å²) in [5.41, 5.74) is 5.74. The highest BCUT2D eigenvalue weighted by molar-refractivity contribution is 5.85. The Morgan fingerprint density at radius 3 is 2.47 bits per heavy atom. The molecular formula is C27H40N4O5. The van der Waals surface area contributed by atoms with Crippen LogP contribution in [-0.4, -0.2) is 83.5 Å². The number of hydrogen-bond acceptors (Lipinski definition) is 8. The lowest BCUT2D eigenvalue weighted by Gasteiger charge is -2.62. The summed E-state index contributed by atoms with van der Waals surface area (Å²) in [4.78, 5) is 42.1. The van der Waals surface area contributed by atoms with Crippen LogP contribution in [0, 0.1) is 46.3 Å². The summed E-state index contributed by atoms with van der Waals surface area (Å²) in [5.74, 6) is 0.433. The maximum absolute atomic E-state index is 13.8. The van der Waals surface area contributed by atoms with Crippen molar-refractivity contribution < 1.29 is 24.2 Å². The third kappa shape index (κ3) is 4.06. The highest BCUT2D eigenvalue weighted by atomic mass is 16.6. The fourth-order valence-corrected chi connectivity index (χ4v) is 8.74. The Bertz CT molecular complexity index is 948. The van der Waals surface area contributed by atoms with Gasteiger partial charge in [-0.05, 0) is 94.5 Å². The van der Waals surface area contributed by atoms with Crippen LogP contribution in [-0.2, 0) is 19.1 Å². The first kappa shape index (κ1) is 25.6. The molecule has 1 heterocycles. The Morgan fingerprint density at radius 2 is 1.92 bits per heavy atom. The number of rotatable bonds is 9. The maximum Gasteiger partial charge on any atom is 0.323 e. The standard InChI is InChI=1S/C27H40N4O5/c1-15-20-6-19(11-28)31(22(15)20)24(34)23(29)26-7-16-4-17(8-26)10-27(9-16,14-26)36-25(35)21(30(2)3)5-18(12-32)13-33/h12,15-23,33H,4-10,13-14,29H2,1-3H3. The summed E-state index contributed by atoms with van der Waals surface area (Å²) < 4.78 is 6.32. The van der Waals surface area contributed by atoms with Gasteiger partial charge in [0.1, 0.15) is 24.0 Å². The third-order valence-electron chi connectivity index (χ3n) is 10.2. The van der Waals surface area contributed by atoms with E-state index in [0.29, 0.717) is 36.4 Å². The first-order valence-electron chi connectivity index (χ1n) is 13.5. The molecule has 6 aliphatic rings. The van der Waals surface area contributed by atoms with Crippen molar-refractivity contribution in [1.82, 2.24) is 9.80 Å². The van der Waals surface area contributed by atoms with Crippen molar-refractivity contribution in [3.8, 4) is 6.07 Å². The number of ether oxygens (including phenoxy) is 1. The lowest BCUT2D eigenvalue weighted by molar-refractivity contribution is -0.209. The number of carbonyl (C=O) groups is 3. The maximum atomic E-state index is 13.8. The van der Waals surface area contributed by atoms with Crippen molar-refractivity contribution in [2.75, 3.05) is 20.7 Å². The van der Waals surface area contributed by atoms with Crippen molar-refractivity contribution in [3.05, 3.63) is 0 Å².